The standard InChI is InChI=1S/C24H22N4O6S/c1-16-4-6-20(7-5-16)33-13-22-25-26-24(27(22)11-21-3-2-8-32-21)35-14-18-10-19(28(29)30)9-17-12-31-15-34-23(17)18/h2-10H,11-15H2,1H3. The van der Waals surface area contributed by atoms with Gasteiger partial charge in [0, 0.05) is 29.0 Å². The van der Waals surface area contributed by atoms with E-state index in [2.05, 4.69) is 10.2 Å². The lowest BCUT2D eigenvalue weighted by Crippen LogP contribution is -2.13. The Morgan fingerprint density at radius 3 is 2.83 bits per heavy atom. The molecule has 1 aliphatic rings. The number of rotatable bonds is 9. The molecule has 11 heteroatoms. The number of nitro benzene ring substituents is 1. The Bertz CT molecular complexity index is 1320. The van der Waals surface area contributed by atoms with E-state index < -0.39 is 4.92 Å². The van der Waals surface area contributed by atoms with Crippen LogP contribution in [0.1, 0.15) is 28.3 Å². The Morgan fingerprint density at radius 2 is 2.06 bits per heavy atom. The predicted octanol–water partition coefficient (Wildman–Crippen LogP) is 4.87. The van der Waals surface area contributed by atoms with Crippen molar-refractivity contribution in [2.24, 2.45) is 0 Å². The molecule has 0 atom stereocenters. The zero-order valence-electron chi connectivity index (χ0n) is 18.9. The first-order valence-corrected chi connectivity index (χ1v) is 11.8. The smallest absolute Gasteiger partial charge is 0.270 e. The average Bonchev–Trinajstić information content (AvgIpc) is 3.52. The van der Waals surface area contributed by atoms with Gasteiger partial charge in [0.15, 0.2) is 17.8 Å². The molecule has 2 aromatic heterocycles. The molecular weight excluding hydrogens is 472 g/mol. The van der Waals surface area contributed by atoms with Gasteiger partial charge in [-0.15, -0.1) is 10.2 Å². The number of hydrogen-bond donors (Lipinski definition) is 0. The Labute approximate surface area is 205 Å². The summed E-state index contributed by atoms with van der Waals surface area (Å²) in [6, 6.07) is 14.5. The third-order valence-corrected chi connectivity index (χ3v) is 6.43. The maximum absolute atomic E-state index is 11.4. The molecule has 180 valence electrons. The number of thioether (sulfide) groups is 1. The fourth-order valence-corrected chi connectivity index (χ4v) is 4.59. The first kappa shape index (κ1) is 22.9. The summed E-state index contributed by atoms with van der Waals surface area (Å²) in [5, 5.41) is 20.8. The van der Waals surface area contributed by atoms with Gasteiger partial charge in [0.25, 0.3) is 5.69 Å². The highest BCUT2D eigenvalue weighted by Crippen LogP contribution is 2.36. The molecule has 0 amide bonds. The van der Waals surface area contributed by atoms with Crippen LogP contribution in [0.3, 0.4) is 0 Å². The molecule has 0 saturated heterocycles. The van der Waals surface area contributed by atoms with Gasteiger partial charge in [0.2, 0.25) is 0 Å². The van der Waals surface area contributed by atoms with Crippen molar-refractivity contribution in [2.45, 2.75) is 37.6 Å². The minimum Gasteiger partial charge on any atom is -0.486 e. The van der Waals surface area contributed by atoms with E-state index in [1.54, 1.807) is 6.26 Å². The first-order valence-electron chi connectivity index (χ1n) is 10.8. The van der Waals surface area contributed by atoms with Gasteiger partial charge >= 0.3 is 0 Å². The van der Waals surface area contributed by atoms with E-state index in [0.29, 0.717) is 40.2 Å². The van der Waals surface area contributed by atoms with Crippen molar-refractivity contribution in [3.05, 3.63) is 93.2 Å². The first-order chi connectivity index (χ1) is 17.1. The van der Waals surface area contributed by atoms with Gasteiger partial charge in [-0.2, -0.15) is 0 Å². The number of non-ortho nitro benzene ring substituents is 1. The summed E-state index contributed by atoms with van der Waals surface area (Å²) < 4.78 is 24.3. The minimum absolute atomic E-state index is 0.00214. The van der Waals surface area contributed by atoms with Crippen LogP contribution in [0.2, 0.25) is 0 Å². The Balaban J connectivity index is 1.39. The lowest BCUT2D eigenvalue weighted by Gasteiger charge is -2.20. The van der Waals surface area contributed by atoms with Gasteiger partial charge in [-0.1, -0.05) is 29.5 Å². The highest BCUT2D eigenvalue weighted by atomic mass is 32.2. The molecule has 5 rings (SSSR count). The van der Waals surface area contributed by atoms with Gasteiger partial charge < -0.3 is 18.6 Å². The lowest BCUT2D eigenvalue weighted by molar-refractivity contribution is -0.385. The number of aryl methyl sites for hydroxylation is 1. The molecule has 0 N–H and O–H groups in total. The summed E-state index contributed by atoms with van der Waals surface area (Å²) in [5.41, 5.74) is 2.51. The molecule has 0 bridgehead atoms. The molecule has 1 aliphatic heterocycles. The number of benzene rings is 2. The molecule has 35 heavy (non-hydrogen) atoms. The van der Waals surface area contributed by atoms with Crippen LogP contribution in [0.15, 0.2) is 64.4 Å². The van der Waals surface area contributed by atoms with Gasteiger partial charge in [0.1, 0.15) is 23.9 Å². The number of aromatic nitrogens is 3. The van der Waals surface area contributed by atoms with Crippen LogP contribution < -0.4 is 9.47 Å². The number of fused-ring (bicyclic) bond motifs is 1. The fourth-order valence-electron chi connectivity index (χ4n) is 3.67. The van der Waals surface area contributed by atoms with E-state index in [1.165, 1.54) is 23.9 Å². The largest absolute Gasteiger partial charge is 0.486 e. The molecule has 2 aromatic carbocycles. The van der Waals surface area contributed by atoms with Crippen LogP contribution in [0.4, 0.5) is 5.69 Å². The van der Waals surface area contributed by atoms with Crippen LogP contribution >= 0.6 is 11.8 Å². The molecule has 0 saturated carbocycles. The van der Waals surface area contributed by atoms with Crippen LogP contribution in [0, 0.1) is 17.0 Å². The second-order valence-electron chi connectivity index (χ2n) is 7.92. The number of hydrogen-bond acceptors (Lipinski definition) is 9. The van der Waals surface area contributed by atoms with E-state index >= 15 is 0 Å². The van der Waals surface area contributed by atoms with E-state index in [-0.39, 0.29) is 25.7 Å². The Hall–Kier alpha value is -3.83. The van der Waals surface area contributed by atoms with Crippen molar-refractivity contribution in [1.29, 1.82) is 0 Å². The zero-order chi connectivity index (χ0) is 24.2. The van der Waals surface area contributed by atoms with E-state index in [4.69, 9.17) is 18.6 Å². The zero-order valence-corrected chi connectivity index (χ0v) is 19.7. The van der Waals surface area contributed by atoms with Crippen molar-refractivity contribution in [3.8, 4) is 11.5 Å². The second-order valence-corrected chi connectivity index (χ2v) is 8.86. The maximum atomic E-state index is 11.4. The lowest BCUT2D eigenvalue weighted by atomic mass is 10.1. The number of ether oxygens (including phenoxy) is 3. The van der Waals surface area contributed by atoms with Crippen LogP contribution in [0.25, 0.3) is 0 Å². The second kappa shape index (κ2) is 10.2. The number of nitro groups is 1. The van der Waals surface area contributed by atoms with Gasteiger partial charge in [-0.25, -0.2) is 0 Å². The Morgan fingerprint density at radius 1 is 1.20 bits per heavy atom. The van der Waals surface area contributed by atoms with Gasteiger partial charge in [-0.3, -0.25) is 14.7 Å². The molecule has 3 heterocycles. The number of nitrogens with zero attached hydrogens (tertiary/aromatic N) is 4. The summed E-state index contributed by atoms with van der Waals surface area (Å²) in [4.78, 5) is 11.0. The van der Waals surface area contributed by atoms with E-state index in [1.807, 2.05) is 47.9 Å². The van der Waals surface area contributed by atoms with Crippen molar-refractivity contribution < 1.29 is 23.6 Å². The van der Waals surface area contributed by atoms with Crippen molar-refractivity contribution in [2.75, 3.05) is 6.79 Å². The summed E-state index contributed by atoms with van der Waals surface area (Å²) in [6.07, 6.45) is 1.61. The van der Waals surface area contributed by atoms with E-state index in [0.717, 1.165) is 17.1 Å². The summed E-state index contributed by atoms with van der Waals surface area (Å²) in [7, 11) is 0. The quantitative estimate of drug-likeness (QED) is 0.182. The molecule has 4 aromatic rings. The molecule has 0 fully saturated rings. The predicted molar refractivity (Wildman–Crippen MR) is 126 cm³/mol. The summed E-state index contributed by atoms with van der Waals surface area (Å²) in [5.74, 6) is 3.14. The van der Waals surface area contributed by atoms with Crippen molar-refractivity contribution in [3.63, 3.8) is 0 Å². The minimum atomic E-state index is -0.414. The summed E-state index contributed by atoms with van der Waals surface area (Å²) in [6.45, 7) is 3.04. The molecule has 0 aliphatic carbocycles. The highest BCUT2D eigenvalue weighted by molar-refractivity contribution is 7.98. The molecule has 0 radical (unpaired) electrons. The SMILES string of the molecule is Cc1ccc(OCc2nnc(SCc3cc([N+](=O)[O-])cc4c3OCOC4)n2Cc2ccco2)cc1. The van der Waals surface area contributed by atoms with Crippen LogP contribution in [-0.4, -0.2) is 26.5 Å². The van der Waals surface area contributed by atoms with Crippen molar-refractivity contribution in [1.82, 2.24) is 14.8 Å². The normalized spacial score (nSPS) is 12.7. The molecule has 0 spiro atoms. The van der Waals surface area contributed by atoms with Gasteiger partial charge in [0.05, 0.1) is 24.3 Å². The maximum Gasteiger partial charge on any atom is 0.270 e. The third kappa shape index (κ3) is 5.31. The van der Waals surface area contributed by atoms with Gasteiger partial charge in [-0.05, 0) is 31.2 Å². The third-order valence-electron chi connectivity index (χ3n) is 5.42. The summed E-state index contributed by atoms with van der Waals surface area (Å²) >= 11 is 1.41. The Kier molecular flexibility index (Phi) is 6.68. The monoisotopic (exact) mass is 494 g/mol. The average molecular weight is 495 g/mol. The molecule has 0 unspecified atom stereocenters. The van der Waals surface area contributed by atoms with Crippen LogP contribution in [0.5, 0.6) is 11.5 Å². The van der Waals surface area contributed by atoms with E-state index in [9.17, 15) is 10.1 Å². The molecular formula is C24H22N4O6S. The van der Waals surface area contributed by atoms with Crippen molar-refractivity contribution >= 4 is 17.4 Å². The number of furan rings is 1. The van der Waals surface area contributed by atoms with Crippen LogP contribution in [-0.2, 0) is 30.2 Å². The topological polar surface area (TPSA) is 115 Å². The highest BCUT2D eigenvalue weighted by Gasteiger charge is 2.22. The fraction of sp³-hybridized carbons (Fsp3) is 0.250. The molecule has 10 nitrogen and oxygen atoms in total.